The number of nitrogens with zero attached hydrogens (tertiary/aromatic N) is 1. The minimum Gasteiger partial charge on any atom is -0.508 e. The summed E-state index contributed by atoms with van der Waals surface area (Å²) in [6.07, 6.45) is 1.05. The van der Waals surface area contributed by atoms with Crippen LogP contribution in [0, 0.1) is 0 Å². The van der Waals surface area contributed by atoms with Crippen molar-refractivity contribution in [3.63, 3.8) is 0 Å². The van der Waals surface area contributed by atoms with Crippen LogP contribution in [0.2, 0.25) is 0 Å². The monoisotopic (exact) mass is 437 g/mol. The van der Waals surface area contributed by atoms with Crippen LogP contribution in [-0.2, 0) is 17.6 Å². The van der Waals surface area contributed by atoms with E-state index >= 15 is 0 Å². The Morgan fingerprint density at radius 3 is 2.61 bits per heavy atom. The smallest absolute Gasteiger partial charge is 0.231 e. The highest BCUT2D eigenvalue weighted by molar-refractivity contribution is 5.90. The Hall–Kier alpha value is -3.99. The van der Waals surface area contributed by atoms with Gasteiger partial charge in [0.05, 0.1) is 12.5 Å². The average Bonchev–Trinajstić information content (AvgIpc) is 3.29. The topological polar surface area (TPSA) is 59.0 Å². The van der Waals surface area contributed by atoms with Gasteiger partial charge < -0.3 is 19.5 Å². The lowest BCUT2D eigenvalue weighted by atomic mass is 9.87. The van der Waals surface area contributed by atoms with Crippen LogP contribution in [0.5, 0.6) is 17.2 Å². The van der Waals surface area contributed by atoms with Crippen molar-refractivity contribution in [2.24, 2.45) is 0 Å². The first-order valence-corrected chi connectivity index (χ1v) is 11.1. The molecular weight excluding hydrogens is 414 g/mol. The van der Waals surface area contributed by atoms with Crippen molar-refractivity contribution in [3.05, 3.63) is 101 Å². The van der Waals surface area contributed by atoms with Crippen molar-refractivity contribution >= 4 is 16.7 Å². The number of amides is 1. The highest BCUT2D eigenvalue weighted by atomic mass is 16.7. The van der Waals surface area contributed by atoms with Crippen LogP contribution in [-0.4, -0.2) is 29.3 Å². The summed E-state index contributed by atoms with van der Waals surface area (Å²) in [4.78, 5) is 15.7. The summed E-state index contributed by atoms with van der Waals surface area (Å²) in [6.45, 7) is 0.801. The standard InChI is InChI=1S/C28H23NO4/c30-22-9-4-8-21(13-22)28-24-16-26-25(32-17-33-26)14-20(24)11-12-29(28)27(31)15-19-7-3-6-18-5-1-2-10-23(18)19/h1-10,13-14,16,28,30H,11-12,15,17H2. The SMILES string of the molecule is O=C(Cc1cccc2ccccc12)N1CCc2cc3c(cc2C1c1cccc(O)c1)OCO3. The zero-order chi connectivity index (χ0) is 22.4. The fraction of sp³-hybridized carbons (Fsp3) is 0.179. The van der Waals surface area contributed by atoms with Crippen molar-refractivity contribution in [3.8, 4) is 17.2 Å². The molecule has 2 aliphatic heterocycles. The van der Waals surface area contributed by atoms with E-state index in [2.05, 4.69) is 18.2 Å². The first kappa shape index (κ1) is 19.7. The van der Waals surface area contributed by atoms with Gasteiger partial charge >= 0.3 is 0 Å². The van der Waals surface area contributed by atoms with E-state index in [1.165, 1.54) is 0 Å². The molecule has 4 aromatic rings. The summed E-state index contributed by atoms with van der Waals surface area (Å²) in [6, 6.07) is 25.1. The maximum Gasteiger partial charge on any atom is 0.231 e. The molecule has 164 valence electrons. The number of fused-ring (bicyclic) bond motifs is 3. The molecule has 0 spiro atoms. The molecule has 33 heavy (non-hydrogen) atoms. The summed E-state index contributed by atoms with van der Waals surface area (Å²) in [5, 5.41) is 12.4. The Morgan fingerprint density at radius 2 is 1.73 bits per heavy atom. The van der Waals surface area contributed by atoms with Crippen LogP contribution in [0.4, 0.5) is 0 Å². The minimum absolute atomic E-state index is 0.0583. The first-order chi connectivity index (χ1) is 16.2. The second-order valence-corrected chi connectivity index (χ2v) is 8.55. The van der Waals surface area contributed by atoms with E-state index in [1.54, 1.807) is 12.1 Å². The molecule has 0 saturated heterocycles. The number of hydrogen-bond acceptors (Lipinski definition) is 4. The molecule has 0 aliphatic carbocycles. The number of benzene rings is 4. The maximum absolute atomic E-state index is 13.7. The summed E-state index contributed by atoms with van der Waals surface area (Å²) in [7, 11) is 0. The van der Waals surface area contributed by atoms with Crippen LogP contribution in [0.1, 0.15) is 28.3 Å². The Morgan fingerprint density at radius 1 is 0.939 bits per heavy atom. The van der Waals surface area contributed by atoms with E-state index < -0.39 is 0 Å². The fourth-order valence-electron chi connectivity index (χ4n) is 5.04. The van der Waals surface area contributed by atoms with Gasteiger partial charge in [0.15, 0.2) is 11.5 Å². The zero-order valence-electron chi connectivity index (χ0n) is 18.0. The van der Waals surface area contributed by atoms with Gasteiger partial charge in [-0.15, -0.1) is 0 Å². The van der Waals surface area contributed by atoms with Crippen LogP contribution in [0.25, 0.3) is 10.8 Å². The van der Waals surface area contributed by atoms with Gasteiger partial charge in [0.1, 0.15) is 5.75 Å². The molecule has 1 N–H and O–H groups in total. The fourth-order valence-corrected chi connectivity index (χ4v) is 5.04. The number of hydrogen-bond donors (Lipinski definition) is 1. The normalized spacial score (nSPS) is 16.6. The third-order valence-corrected chi connectivity index (χ3v) is 6.59. The predicted octanol–water partition coefficient (Wildman–Crippen LogP) is 4.99. The third kappa shape index (κ3) is 3.46. The molecule has 6 rings (SSSR count). The van der Waals surface area contributed by atoms with Gasteiger partial charge in [0, 0.05) is 6.54 Å². The number of phenols is 1. The first-order valence-electron chi connectivity index (χ1n) is 11.1. The quantitative estimate of drug-likeness (QED) is 0.491. The van der Waals surface area contributed by atoms with E-state index in [0.717, 1.165) is 45.2 Å². The summed E-state index contributed by atoms with van der Waals surface area (Å²) < 4.78 is 11.2. The summed E-state index contributed by atoms with van der Waals surface area (Å²) >= 11 is 0. The van der Waals surface area contributed by atoms with Crippen LogP contribution in [0.15, 0.2) is 78.9 Å². The second-order valence-electron chi connectivity index (χ2n) is 8.55. The molecule has 1 amide bonds. The lowest BCUT2D eigenvalue weighted by Gasteiger charge is -2.38. The number of rotatable bonds is 3. The average molecular weight is 437 g/mol. The summed E-state index contributed by atoms with van der Waals surface area (Å²) in [5.74, 6) is 1.69. The Bertz CT molecular complexity index is 1370. The van der Waals surface area contributed by atoms with Gasteiger partial charge in [-0.2, -0.15) is 0 Å². The number of phenolic OH excluding ortho intramolecular Hbond substituents is 1. The molecule has 0 radical (unpaired) electrons. The molecule has 5 heteroatoms. The number of ether oxygens (including phenoxy) is 2. The minimum atomic E-state index is -0.308. The molecule has 1 atom stereocenters. The highest BCUT2D eigenvalue weighted by Gasteiger charge is 2.34. The van der Waals surface area contributed by atoms with Crippen LogP contribution in [0.3, 0.4) is 0 Å². The molecular formula is C28H23NO4. The van der Waals surface area contributed by atoms with Crippen molar-refractivity contribution in [2.45, 2.75) is 18.9 Å². The maximum atomic E-state index is 13.7. The van der Waals surface area contributed by atoms with Gasteiger partial charge in [-0.3, -0.25) is 4.79 Å². The van der Waals surface area contributed by atoms with Crippen molar-refractivity contribution in [1.29, 1.82) is 0 Å². The third-order valence-electron chi connectivity index (χ3n) is 6.59. The van der Waals surface area contributed by atoms with Gasteiger partial charge in [-0.05, 0) is 63.7 Å². The Labute approximate surface area is 191 Å². The molecule has 2 aliphatic rings. The Kier molecular flexibility index (Phi) is 4.68. The molecule has 0 saturated carbocycles. The van der Waals surface area contributed by atoms with Gasteiger partial charge in [-0.25, -0.2) is 0 Å². The molecule has 0 bridgehead atoms. The van der Waals surface area contributed by atoms with Gasteiger partial charge in [0.2, 0.25) is 12.7 Å². The van der Waals surface area contributed by atoms with E-state index in [9.17, 15) is 9.90 Å². The second kappa shape index (κ2) is 7.85. The molecule has 4 aromatic carbocycles. The van der Waals surface area contributed by atoms with E-state index in [0.29, 0.717) is 18.7 Å². The highest BCUT2D eigenvalue weighted by Crippen LogP contribution is 2.43. The molecule has 0 fully saturated rings. The zero-order valence-corrected chi connectivity index (χ0v) is 18.0. The summed E-state index contributed by atoms with van der Waals surface area (Å²) in [5.41, 5.74) is 4.05. The Balaban J connectivity index is 1.41. The van der Waals surface area contributed by atoms with E-state index in [1.807, 2.05) is 53.4 Å². The number of aromatic hydroxyl groups is 1. The van der Waals surface area contributed by atoms with E-state index in [4.69, 9.17) is 9.47 Å². The molecule has 2 heterocycles. The van der Waals surface area contributed by atoms with Crippen molar-refractivity contribution in [1.82, 2.24) is 4.90 Å². The molecule has 0 aromatic heterocycles. The lowest BCUT2D eigenvalue weighted by molar-refractivity contribution is -0.132. The van der Waals surface area contributed by atoms with E-state index in [-0.39, 0.29) is 24.5 Å². The molecule has 5 nitrogen and oxygen atoms in total. The molecule has 1 unspecified atom stereocenters. The largest absolute Gasteiger partial charge is 0.508 e. The number of carbonyl (C=O) groups is 1. The van der Waals surface area contributed by atoms with Gasteiger partial charge in [-0.1, -0.05) is 54.6 Å². The van der Waals surface area contributed by atoms with Crippen molar-refractivity contribution < 1.29 is 19.4 Å². The van der Waals surface area contributed by atoms with Crippen LogP contribution < -0.4 is 9.47 Å². The predicted molar refractivity (Wildman–Crippen MR) is 126 cm³/mol. The van der Waals surface area contributed by atoms with Gasteiger partial charge in [0.25, 0.3) is 0 Å². The van der Waals surface area contributed by atoms with Crippen molar-refractivity contribution in [2.75, 3.05) is 13.3 Å². The van der Waals surface area contributed by atoms with Crippen LogP contribution >= 0.6 is 0 Å². The lowest BCUT2D eigenvalue weighted by Crippen LogP contribution is -2.41. The number of carbonyl (C=O) groups excluding carboxylic acids is 1.